The second-order valence-corrected chi connectivity index (χ2v) is 11.4. The van der Waals surface area contributed by atoms with Crippen LogP contribution in [0.5, 0.6) is 0 Å². The van der Waals surface area contributed by atoms with Crippen molar-refractivity contribution in [1.29, 1.82) is 0 Å². The number of rotatable bonds is 4. The molecule has 206 valence electrons. The van der Waals surface area contributed by atoms with Gasteiger partial charge in [-0.2, -0.15) is 4.98 Å². The van der Waals surface area contributed by atoms with Crippen molar-refractivity contribution < 1.29 is 9.53 Å². The lowest BCUT2D eigenvalue weighted by atomic mass is 9.98. The number of benzene rings is 2. The molecular weight excluding hydrogens is 526 g/mol. The van der Waals surface area contributed by atoms with Crippen LogP contribution in [0.2, 0.25) is 5.02 Å². The Hall–Kier alpha value is -4.11. The number of carbonyl (C=O) groups is 1. The summed E-state index contributed by atoms with van der Waals surface area (Å²) in [5.41, 5.74) is 4.39. The van der Waals surface area contributed by atoms with E-state index in [1.165, 1.54) is 0 Å². The zero-order valence-corrected chi connectivity index (χ0v) is 23.6. The van der Waals surface area contributed by atoms with Crippen LogP contribution in [0.25, 0.3) is 11.6 Å². The van der Waals surface area contributed by atoms with Crippen LogP contribution in [-0.2, 0) is 4.74 Å². The van der Waals surface area contributed by atoms with Crippen LogP contribution in [0, 0.1) is 0 Å². The number of carbonyl (C=O) groups excluding carboxylic acids is 1. The third-order valence-electron chi connectivity index (χ3n) is 7.02. The van der Waals surface area contributed by atoms with Gasteiger partial charge in [0.25, 0.3) is 0 Å². The summed E-state index contributed by atoms with van der Waals surface area (Å²) >= 11 is 6.51. The number of hydrogen-bond acceptors (Lipinski definition) is 8. The number of aliphatic imine (C=N–C) groups is 1. The lowest BCUT2D eigenvalue weighted by molar-refractivity contribution is 0.0240. The van der Waals surface area contributed by atoms with Gasteiger partial charge in [-0.3, -0.25) is 4.99 Å². The SMILES string of the molecule is CC(C)(C)OC(=O)N1CCN(c2ccc(Nc3ncc4c(n3)N3CCN=C3C(c3ccccc3Cl)=C4)cc2)CC1. The number of nitrogens with one attached hydrogen (secondary N) is 1. The lowest BCUT2D eigenvalue weighted by Gasteiger charge is -2.36. The van der Waals surface area contributed by atoms with Crippen molar-refractivity contribution >= 4 is 58.3 Å². The van der Waals surface area contributed by atoms with Gasteiger partial charge in [0.15, 0.2) is 0 Å². The maximum atomic E-state index is 12.4. The fourth-order valence-corrected chi connectivity index (χ4v) is 5.34. The molecule has 40 heavy (non-hydrogen) atoms. The summed E-state index contributed by atoms with van der Waals surface area (Å²) in [6.45, 7) is 9.90. The molecule has 3 aliphatic heterocycles. The van der Waals surface area contributed by atoms with E-state index in [2.05, 4.69) is 38.3 Å². The van der Waals surface area contributed by atoms with Gasteiger partial charge in [-0.1, -0.05) is 29.8 Å². The number of amides is 1. The number of amidine groups is 1. The molecule has 3 aliphatic rings. The zero-order chi connectivity index (χ0) is 27.9. The van der Waals surface area contributed by atoms with E-state index in [1.54, 1.807) is 4.90 Å². The maximum Gasteiger partial charge on any atom is 0.410 e. The van der Waals surface area contributed by atoms with Gasteiger partial charge < -0.3 is 24.8 Å². The highest BCUT2D eigenvalue weighted by Gasteiger charge is 2.31. The minimum Gasteiger partial charge on any atom is -0.444 e. The summed E-state index contributed by atoms with van der Waals surface area (Å²) in [6, 6.07) is 16.0. The first kappa shape index (κ1) is 26.1. The number of fused-ring (bicyclic) bond motifs is 3. The van der Waals surface area contributed by atoms with Crippen molar-refractivity contribution in [2.75, 3.05) is 54.4 Å². The van der Waals surface area contributed by atoms with Gasteiger partial charge in [0, 0.05) is 72.0 Å². The van der Waals surface area contributed by atoms with Gasteiger partial charge in [-0.15, -0.1) is 0 Å². The van der Waals surface area contributed by atoms with E-state index in [-0.39, 0.29) is 6.09 Å². The van der Waals surface area contributed by atoms with Crippen LogP contribution in [0.15, 0.2) is 59.7 Å². The molecule has 0 saturated carbocycles. The smallest absolute Gasteiger partial charge is 0.410 e. The molecule has 1 fully saturated rings. The molecule has 1 N–H and O–H groups in total. The molecule has 0 bridgehead atoms. The van der Waals surface area contributed by atoms with Gasteiger partial charge in [0.2, 0.25) is 5.95 Å². The van der Waals surface area contributed by atoms with Crippen molar-refractivity contribution in [2.24, 2.45) is 4.99 Å². The first-order chi connectivity index (χ1) is 19.2. The Labute approximate surface area is 239 Å². The molecule has 0 radical (unpaired) electrons. The Balaban J connectivity index is 1.14. The van der Waals surface area contributed by atoms with Crippen LogP contribution in [0.1, 0.15) is 31.9 Å². The molecule has 1 aromatic heterocycles. The van der Waals surface area contributed by atoms with Crippen LogP contribution >= 0.6 is 11.6 Å². The molecule has 9 nitrogen and oxygen atoms in total. The van der Waals surface area contributed by atoms with Crippen molar-refractivity contribution in [3.05, 3.63) is 70.9 Å². The molecule has 1 amide bonds. The van der Waals surface area contributed by atoms with Gasteiger partial charge >= 0.3 is 6.09 Å². The maximum absolute atomic E-state index is 12.4. The van der Waals surface area contributed by atoms with E-state index >= 15 is 0 Å². The monoisotopic (exact) mass is 557 g/mol. The van der Waals surface area contributed by atoms with E-state index in [4.69, 9.17) is 26.3 Å². The Morgan fingerprint density at radius 3 is 2.48 bits per heavy atom. The van der Waals surface area contributed by atoms with E-state index in [0.29, 0.717) is 30.6 Å². The number of ether oxygens (including phenoxy) is 1. The fourth-order valence-electron chi connectivity index (χ4n) is 5.10. The Morgan fingerprint density at radius 2 is 1.75 bits per heavy atom. The first-order valence-corrected chi connectivity index (χ1v) is 13.9. The number of halogens is 1. The van der Waals surface area contributed by atoms with Gasteiger partial charge in [0.1, 0.15) is 17.3 Å². The van der Waals surface area contributed by atoms with Gasteiger partial charge in [-0.05, 0) is 57.2 Å². The predicted molar refractivity (Wildman–Crippen MR) is 161 cm³/mol. The number of hydrogen-bond donors (Lipinski definition) is 1. The van der Waals surface area contributed by atoms with Crippen molar-refractivity contribution in [2.45, 2.75) is 26.4 Å². The summed E-state index contributed by atoms with van der Waals surface area (Å²) in [7, 11) is 0. The average Bonchev–Trinajstić information content (AvgIpc) is 3.43. The Bertz CT molecular complexity index is 1490. The molecule has 4 heterocycles. The highest BCUT2D eigenvalue weighted by molar-refractivity contribution is 6.40. The Morgan fingerprint density at radius 1 is 1.00 bits per heavy atom. The summed E-state index contributed by atoms with van der Waals surface area (Å²) in [4.78, 5) is 32.7. The van der Waals surface area contributed by atoms with Crippen LogP contribution in [0.4, 0.5) is 27.9 Å². The largest absolute Gasteiger partial charge is 0.444 e. The van der Waals surface area contributed by atoms with E-state index in [0.717, 1.165) is 59.4 Å². The van der Waals surface area contributed by atoms with E-state index in [9.17, 15) is 4.79 Å². The second kappa shape index (κ2) is 10.5. The minimum absolute atomic E-state index is 0.250. The molecule has 2 aromatic carbocycles. The quantitative estimate of drug-likeness (QED) is 0.440. The second-order valence-electron chi connectivity index (χ2n) is 11.0. The van der Waals surface area contributed by atoms with Crippen molar-refractivity contribution in [3.8, 4) is 0 Å². The highest BCUT2D eigenvalue weighted by Crippen LogP contribution is 2.37. The molecule has 0 unspecified atom stereocenters. The molecule has 0 aliphatic carbocycles. The third-order valence-corrected chi connectivity index (χ3v) is 7.35. The van der Waals surface area contributed by atoms with E-state index < -0.39 is 5.60 Å². The normalized spacial score (nSPS) is 16.6. The molecule has 10 heteroatoms. The molecule has 0 spiro atoms. The molecule has 3 aromatic rings. The van der Waals surface area contributed by atoms with E-state index in [1.807, 2.05) is 63.4 Å². The minimum atomic E-state index is -0.487. The summed E-state index contributed by atoms with van der Waals surface area (Å²) in [6.07, 6.45) is 3.66. The summed E-state index contributed by atoms with van der Waals surface area (Å²) in [5.74, 6) is 2.25. The standard InChI is InChI=1S/C30H32ClN7O2/c1-30(2,3)40-29(39)37-16-14-36(15-17-37)22-10-8-21(9-11-22)34-28-33-19-20-18-24(23-6-4-5-7-25(23)31)27-32-12-13-38(27)26(20)35-28/h4-11,18-19H,12-17H2,1-3H3,(H,33,34,35). The summed E-state index contributed by atoms with van der Waals surface area (Å²) in [5, 5.41) is 4.04. The van der Waals surface area contributed by atoms with Crippen molar-refractivity contribution in [1.82, 2.24) is 14.9 Å². The summed E-state index contributed by atoms with van der Waals surface area (Å²) < 4.78 is 5.51. The average molecular weight is 558 g/mol. The number of piperazine rings is 1. The topological polar surface area (TPSA) is 86.2 Å². The molecule has 6 rings (SSSR count). The number of nitrogens with zero attached hydrogens (tertiary/aromatic N) is 6. The molecule has 1 saturated heterocycles. The number of aromatic nitrogens is 2. The zero-order valence-electron chi connectivity index (χ0n) is 22.9. The Kier molecular flexibility index (Phi) is 6.83. The first-order valence-electron chi connectivity index (χ1n) is 13.5. The molecule has 0 atom stereocenters. The lowest BCUT2D eigenvalue weighted by Crippen LogP contribution is -2.50. The molecular formula is C30H32ClN7O2. The predicted octanol–water partition coefficient (Wildman–Crippen LogP) is 5.70. The van der Waals surface area contributed by atoms with Crippen LogP contribution < -0.4 is 15.1 Å². The third kappa shape index (κ3) is 5.34. The van der Waals surface area contributed by atoms with Crippen LogP contribution in [-0.4, -0.2) is 71.7 Å². The fraction of sp³-hybridized carbons (Fsp3) is 0.333. The van der Waals surface area contributed by atoms with Gasteiger partial charge in [0.05, 0.1) is 6.54 Å². The number of anilines is 4. The van der Waals surface area contributed by atoms with Gasteiger partial charge in [-0.25, -0.2) is 9.78 Å². The van der Waals surface area contributed by atoms with Crippen molar-refractivity contribution in [3.63, 3.8) is 0 Å². The van der Waals surface area contributed by atoms with Crippen LogP contribution in [0.3, 0.4) is 0 Å². The highest BCUT2D eigenvalue weighted by atomic mass is 35.5.